The average molecular weight is 737 g/mol. The van der Waals surface area contributed by atoms with Crippen LogP contribution in [0.15, 0.2) is 48.6 Å². The lowest BCUT2D eigenvalue weighted by molar-refractivity contribution is -0.383. The number of hydrogen-bond donors (Lipinski definition) is 7. The molecule has 18 nitrogen and oxygen atoms in total. The number of methoxy groups -OCH3 is 2. The van der Waals surface area contributed by atoms with Crippen LogP contribution in [0.2, 0.25) is 0 Å². The zero-order valence-corrected chi connectivity index (χ0v) is 28.1. The second-order valence-electron chi connectivity index (χ2n) is 11.5. The highest BCUT2D eigenvalue weighted by Crippen LogP contribution is 2.39. The van der Waals surface area contributed by atoms with Gasteiger partial charge in [-0.15, -0.1) is 0 Å². The third-order valence-electron chi connectivity index (χ3n) is 8.00. The van der Waals surface area contributed by atoms with Crippen LogP contribution in [0, 0.1) is 0 Å². The molecule has 2 aliphatic heterocycles. The van der Waals surface area contributed by atoms with Crippen molar-refractivity contribution in [1.29, 1.82) is 0 Å². The van der Waals surface area contributed by atoms with E-state index < -0.39 is 92.5 Å². The molecule has 9 atom stereocenters. The summed E-state index contributed by atoms with van der Waals surface area (Å²) in [6.07, 6.45) is -9.54. The van der Waals surface area contributed by atoms with Gasteiger partial charge in [0.15, 0.2) is 41.5 Å². The lowest BCUT2D eigenvalue weighted by atomic mass is 9.98. The SMILES string of the molecule is COc1cc(C=CC(=O)OCC2OC(OC3(CO)OC(CO)C(OC(C)=O)C3OC(=O)C=Cc3ccc(O)c(OC)c3)C(O)C(O)C2O)ccc1O. The Hall–Kier alpha value is -4.79. The molecule has 0 radical (unpaired) electrons. The first-order valence-corrected chi connectivity index (χ1v) is 15.7. The van der Waals surface area contributed by atoms with E-state index in [0.29, 0.717) is 11.1 Å². The van der Waals surface area contributed by atoms with Gasteiger partial charge in [0, 0.05) is 19.1 Å². The molecular weight excluding hydrogens is 696 g/mol. The number of carbonyl (C=O) groups excluding carboxylic acids is 3. The van der Waals surface area contributed by atoms with Gasteiger partial charge in [0.05, 0.1) is 20.8 Å². The van der Waals surface area contributed by atoms with Crippen LogP contribution < -0.4 is 9.47 Å². The van der Waals surface area contributed by atoms with Crippen molar-refractivity contribution in [2.75, 3.05) is 34.0 Å². The Kier molecular flexibility index (Phi) is 13.6. The van der Waals surface area contributed by atoms with Crippen LogP contribution in [0.4, 0.5) is 0 Å². The Morgan fingerprint density at radius 2 is 1.38 bits per heavy atom. The van der Waals surface area contributed by atoms with Crippen molar-refractivity contribution in [2.45, 2.75) is 61.7 Å². The summed E-state index contributed by atoms with van der Waals surface area (Å²) in [4.78, 5) is 37.5. The first kappa shape index (κ1) is 40.0. The second-order valence-corrected chi connectivity index (χ2v) is 11.5. The maximum absolute atomic E-state index is 13.1. The molecule has 0 aliphatic carbocycles. The number of rotatable bonds is 14. The number of esters is 3. The van der Waals surface area contributed by atoms with Gasteiger partial charge in [-0.25, -0.2) is 9.59 Å². The van der Waals surface area contributed by atoms with Crippen LogP contribution >= 0.6 is 0 Å². The van der Waals surface area contributed by atoms with E-state index in [9.17, 15) is 50.1 Å². The molecule has 0 amide bonds. The fraction of sp³-hybridized carbons (Fsp3) is 0.441. The smallest absolute Gasteiger partial charge is 0.331 e. The number of hydrogen-bond acceptors (Lipinski definition) is 18. The zero-order chi connectivity index (χ0) is 38.2. The van der Waals surface area contributed by atoms with Crippen LogP contribution in [0.3, 0.4) is 0 Å². The fourth-order valence-electron chi connectivity index (χ4n) is 5.37. The lowest BCUT2D eigenvalue weighted by Crippen LogP contribution is -2.63. The Bertz CT molecular complexity index is 1630. The maximum atomic E-state index is 13.1. The second kappa shape index (κ2) is 17.6. The van der Waals surface area contributed by atoms with Crippen LogP contribution in [-0.4, -0.2) is 142 Å². The van der Waals surface area contributed by atoms with Crippen molar-refractivity contribution in [2.24, 2.45) is 0 Å². The minimum Gasteiger partial charge on any atom is -0.504 e. The number of aliphatic hydroxyl groups is 5. The molecule has 2 heterocycles. The van der Waals surface area contributed by atoms with E-state index in [1.54, 1.807) is 0 Å². The predicted octanol–water partition coefficient (Wildman–Crippen LogP) is -0.868. The summed E-state index contributed by atoms with van der Waals surface area (Å²) in [5.74, 6) is -5.38. The van der Waals surface area contributed by atoms with E-state index in [1.165, 1.54) is 62.8 Å². The number of ether oxygens (including phenoxy) is 8. The van der Waals surface area contributed by atoms with Crippen molar-refractivity contribution >= 4 is 30.1 Å². The molecule has 0 spiro atoms. The molecule has 52 heavy (non-hydrogen) atoms. The number of benzene rings is 2. The van der Waals surface area contributed by atoms with Crippen LogP contribution in [0.25, 0.3) is 12.2 Å². The van der Waals surface area contributed by atoms with Crippen molar-refractivity contribution in [3.63, 3.8) is 0 Å². The number of aromatic hydroxyl groups is 2. The summed E-state index contributed by atoms with van der Waals surface area (Å²) in [5.41, 5.74) is 0.871. The van der Waals surface area contributed by atoms with Crippen LogP contribution in [0.5, 0.6) is 23.0 Å². The van der Waals surface area contributed by atoms with E-state index >= 15 is 0 Å². The van der Waals surface area contributed by atoms with Gasteiger partial charge in [0.2, 0.25) is 5.79 Å². The molecule has 2 aromatic rings. The molecule has 284 valence electrons. The van der Waals surface area contributed by atoms with Gasteiger partial charge in [0.25, 0.3) is 0 Å². The van der Waals surface area contributed by atoms with Crippen LogP contribution in [-0.2, 0) is 42.8 Å². The number of carbonyl (C=O) groups is 3. The van der Waals surface area contributed by atoms with E-state index in [1.807, 2.05) is 0 Å². The molecule has 2 aromatic carbocycles. The van der Waals surface area contributed by atoms with Gasteiger partial charge in [-0.3, -0.25) is 4.79 Å². The quantitative estimate of drug-likeness (QED) is 0.0706. The molecule has 2 aliphatic rings. The molecule has 2 saturated heterocycles. The molecule has 2 fully saturated rings. The largest absolute Gasteiger partial charge is 0.504 e. The van der Waals surface area contributed by atoms with Gasteiger partial charge in [-0.2, -0.15) is 0 Å². The average Bonchev–Trinajstić information content (AvgIpc) is 3.41. The van der Waals surface area contributed by atoms with Gasteiger partial charge >= 0.3 is 17.9 Å². The molecule has 4 rings (SSSR count). The van der Waals surface area contributed by atoms with Crippen molar-refractivity contribution in [1.82, 2.24) is 0 Å². The summed E-state index contributed by atoms with van der Waals surface area (Å²) in [5, 5.41) is 72.2. The number of phenols is 2. The maximum Gasteiger partial charge on any atom is 0.331 e. The van der Waals surface area contributed by atoms with Gasteiger partial charge in [0.1, 0.15) is 43.7 Å². The molecular formula is C34H40O18. The van der Waals surface area contributed by atoms with E-state index in [2.05, 4.69) is 0 Å². The van der Waals surface area contributed by atoms with Gasteiger partial charge < -0.3 is 73.6 Å². The highest BCUT2D eigenvalue weighted by atomic mass is 16.8. The Labute approximate surface area is 296 Å². The van der Waals surface area contributed by atoms with Crippen molar-refractivity contribution < 1.29 is 88.0 Å². The highest BCUT2D eigenvalue weighted by Gasteiger charge is 2.62. The molecule has 7 N–H and O–H groups in total. The Balaban J connectivity index is 1.52. The van der Waals surface area contributed by atoms with Crippen LogP contribution in [0.1, 0.15) is 18.1 Å². The van der Waals surface area contributed by atoms with E-state index in [-0.39, 0.29) is 23.0 Å². The summed E-state index contributed by atoms with van der Waals surface area (Å²) < 4.78 is 43.2. The Morgan fingerprint density at radius 1 is 0.808 bits per heavy atom. The third kappa shape index (κ3) is 9.35. The van der Waals surface area contributed by atoms with E-state index in [0.717, 1.165) is 19.1 Å². The van der Waals surface area contributed by atoms with Gasteiger partial charge in [-0.05, 0) is 47.5 Å². The van der Waals surface area contributed by atoms with Gasteiger partial charge in [-0.1, -0.05) is 12.1 Å². The predicted molar refractivity (Wildman–Crippen MR) is 173 cm³/mol. The first-order chi connectivity index (χ1) is 24.7. The molecule has 18 heteroatoms. The minimum absolute atomic E-state index is 0.115. The molecule has 9 unspecified atom stereocenters. The number of phenolic OH excluding ortho intramolecular Hbond substituents is 2. The fourth-order valence-corrected chi connectivity index (χ4v) is 5.37. The molecule has 0 aromatic heterocycles. The van der Waals surface area contributed by atoms with E-state index in [4.69, 9.17) is 37.9 Å². The van der Waals surface area contributed by atoms with Crippen molar-refractivity contribution in [3.05, 3.63) is 59.7 Å². The molecule has 0 bridgehead atoms. The lowest BCUT2D eigenvalue weighted by Gasteiger charge is -2.43. The topological polar surface area (TPSA) is 267 Å². The normalized spacial score (nSPS) is 28.8. The molecule has 0 saturated carbocycles. The zero-order valence-electron chi connectivity index (χ0n) is 28.1. The number of aliphatic hydroxyl groups excluding tert-OH is 5. The summed E-state index contributed by atoms with van der Waals surface area (Å²) >= 11 is 0. The third-order valence-corrected chi connectivity index (χ3v) is 8.00. The Morgan fingerprint density at radius 3 is 1.90 bits per heavy atom. The standard InChI is InChI=1S/C34H40O18/c1-17(37)48-31-24(14-35)51-34(16-36,32(31)50-27(41)11-7-19-5-9-21(39)23(13-19)46-3)52-33-30(44)29(43)28(42)25(49-33)15-47-26(40)10-6-18-4-8-20(38)22(12-18)45-2/h4-13,24-25,28-33,35-36,38-39,42-44H,14-16H2,1-3H3. The minimum atomic E-state index is -2.51. The highest BCUT2D eigenvalue weighted by molar-refractivity contribution is 5.88. The first-order valence-electron chi connectivity index (χ1n) is 15.7. The van der Waals surface area contributed by atoms with Crippen molar-refractivity contribution in [3.8, 4) is 23.0 Å². The summed E-state index contributed by atoms with van der Waals surface area (Å²) in [7, 11) is 2.68. The summed E-state index contributed by atoms with van der Waals surface area (Å²) in [6, 6.07) is 8.51. The summed E-state index contributed by atoms with van der Waals surface area (Å²) in [6.45, 7) is -1.64. The monoisotopic (exact) mass is 736 g/mol.